The molecule has 1 aromatic carbocycles. The Bertz CT molecular complexity index is 1160. The van der Waals surface area contributed by atoms with Crippen molar-refractivity contribution in [3.63, 3.8) is 0 Å². The van der Waals surface area contributed by atoms with Gasteiger partial charge < -0.3 is 14.8 Å². The van der Waals surface area contributed by atoms with Gasteiger partial charge in [-0.1, -0.05) is 13.8 Å². The van der Waals surface area contributed by atoms with E-state index in [1.807, 2.05) is 20.8 Å². The number of ether oxygens (including phenoxy) is 2. The number of carbonyl (C=O) groups excluding carboxylic acids is 1. The molecule has 0 bridgehead atoms. The van der Waals surface area contributed by atoms with Crippen LogP contribution in [0.5, 0.6) is 5.75 Å². The summed E-state index contributed by atoms with van der Waals surface area (Å²) in [6.07, 6.45) is 4.06. The molecule has 0 spiro atoms. The van der Waals surface area contributed by atoms with E-state index in [1.54, 1.807) is 12.3 Å². The quantitative estimate of drug-likeness (QED) is 0.521. The van der Waals surface area contributed by atoms with Gasteiger partial charge in [0.25, 0.3) is 0 Å². The molecule has 2 atom stereocenters. The van der Waals surface area contributed by atoms with Gasteiger partial charge in [-0.25, -0.2) is 28.5 Å². The van der Waals surface area contributed by atoms with Gasteiger partial charge in [0, 0.05) is 17.8 Å². The van der Waals surface area contributed by atoms with E-state index in [2.05, 4.69) is 25.3 Å². The second-order valence-electron chi connectivity index (χ2n) is 8.16. The minimum Gasteiger partial charge on any atom is -0.486 e. The Labute approximate surface area is 195 Å². The van der Waals surface area contributed by atoms with Crippen molar-refractivity contribution >= 4 is 17.9 Å². The number of benzene rings is 1. The first-order valence-electron chi connectivity index (χ1n) is 10.8. The fourth-order valence-corrected chi connectivity index (χ4v) is 3.43. The van der Waals surface area contributed by atoms with Crippen molar-refractivity contribution in [3.8, 4) is 5.75 Å². The summed E-state index contributed by atoms with van der Waals surface area (Å²) < 4.78 is 37.4. The second kappa shape index (κ2) is 9.94. The fraction of sp³-hybridized carbons (Fsp3) is 0.348. The molecule has 11 heteroatoms. The molecule has 0 saturated carbocycles. The predicted octanol–water partition coefficient (Wildman–Crippen LogP) is 4.28. The molecule has 3 aromatic rings. The first-order valence-corrected chi connectivity index (χ1v) is 10.8. The van der Waals surface area contributed by atoms with Crippen LogP contribution in [0.15, 0.2) is 42.9 Å². The summed E-state index contributed by atoms with van der Waals surface area (Å²) in [5.74, 6) is 0.418. The first-order chi connectivity index (χ1) is 16.3. The van der Waals surface area contributed by atoms with Crippen LogP contribution in [-0.2, 0) is 11.3 Å². The van der Waals surface area contributed by atoms with E-state index >= 15 is 0 Å². The highest BCUT2D eigenvalue weighted by molar-refractivity contribution is 5.89. The SMILES string of the molecule is CC(Nc1nccc(N2C(=O)OC[C@@H]2C(C)C)n1)c1ncc(OCc2ccc(F)cc2F)cn1. The maximum atomic E-state index is 13.7. The highest BCUT2D eigenvalue weighted by atomic mass is 19.1. The van der Waals surface area contributed by atoms with Crippen LogP contribution in [0.1, 0.15) is 38.2 Å². The van der Waals surface area contributed by atoms with Gasteiger partial charge in [0.1, 0.15) is 36.5 Å². The molecule has 1 aliphatic heterocycles. The molecule has 1 saturated heterocycles. The van der Waals surface area contributed by atoms with Crippen molar-refractivity contribution in [2.45, 2.75) is 39.5 Å². The van der Waals surface area contributed by atoms with E-state index in [4.69, 9.17) is 9.47 Å². The minimum absolute atomic E-state index is 0.0838. The Kier molecular flexibility index (Phi) is 6.80. The fourth-order valence-electron chi connectivity index (χ4n) is 3.43. The maximum Gasteiger partial charge on any atom is 0.415 e. The van der Waals surface area contributed by atoms with Crippen LogP contribution < -0.4 is 15.0 Å². The number of anilines is 2. The van der Waals surface area contributed by atoms with E-state index in [0.29, 0.717) is 29.9 Å². The third kappa shape index (κ3) is 5.19. The summed E-state index contributed by atoms with van der Waals surface area (Å²) in [4.78, 5) is 31.0. The van der Waals surface area contributed by atoms with E-state index in [9.17, 15) is 13.6 Å². The van der Waals surface area contributed by atoms with Crippen LogP contribution in [-0.4, -0.2) is 38.7 Å². The largest absolute Gasteiger partial charge is 0.486 e. The molecule has 34 heavy (non-hydrogen) atoms. The Morgan fingerprint density at radius 3 is 2.65 bits per heavy atom. The predicted molar refractivity (Wildman–Crippen MR) is 119 cm³/mol. The molecule has 3 heterocycles. The van der Waals surface area contributed by atoms with Gasteiger partial charge in [0.2, 0.25) is 5.95 Å². The van der Waals surface area contributed by atoms with Gasteiger partial charge in [-0.05, 0) is 31.0 Å². The van der Waals surface area contributed by atoms with E-state index in [1.165, 1.54) is 29.4 Å². The maximum absolute atomic E-state index is 13.7. The molecular formula is C23H24F2N6O3. The molecule has 178 valence electrons. The van der Waals surface area contributed by atoms with E-state index in [-0.39, 0.29) is 30.2 Å². The molecule has 1 N–H and O–H groups in total. The third-order valence-electron chi connectivity index (χ3n) is 5.35. The van der Waals surface area contributed by atoms with Crippen molar-refractivity contribution in [1.82, 2.24) is 19.9 Å². The highest BCUT2D eigenvalue weighted by Crippen LogP contribution is 2.26. The Hall–Kier alpha value is -3.89. The zero-order valence-electron chi connectivity index (χ0n) is 18.9. The monoisotopic (exact) mass is 470 g/mol. The average Bonchev–Trinajstić information content (AvgIpc) is 3.21. The number of aromatic nitrogens is 4. The minimum atomic E-state index is -0.681. The summed E-state index contributed by atoms with van der Waals surface area (Å²) >= 11 is 0. The molecule has 4 rings (SSSR count). The summed E-state index contributed by atoms with van der Waals surface area (Å²) in [5, 5.41) is 3.12. The summed E-state index contributed by atoms with van der Waals surface area (Å²) in [7, 11) is 0. The zero-order valence-corrected chi connectivity index (χ0v) is 18.9. The third-order valence-corrected chi connectivity index (χ3v) is 5.35. The number of halogens is 2. The van der Waals surface area contributed by atoms with Gasteiger partial charge in [-0.15, -0.1) is 0 Å². The molecule has 9 nitrogen and oxygen atoms in total. The van der Waals surface area contributed by atoms with E-state index in [0.717, 1.165) is 6.07 Å². The molecular weight excluding hydrogens is 446 g/mol. The number of nitrogens with zero attached hydrogens (tertiary/aromatic N) is 5. The first kappa shape index (κ1) is 23.3. The summed E-state index contributed by atoms with van der Waals surface area (Å²) in [6, 6.07) is 4.49. The lowest BCUT2D eigenvalue weighted by molar-refractivity contribution is 0.177. The van der Waals surface area contributed by atoms with Crippen LogP contribution in [0.4, 0.5) is 25.3 Å². The smallest absolute Gasteiger partial charge is 0.415 e. The number of hydrogen-bond acceptors (Lipinski definition) is 8. The summed E-state index contributed by atoms with van der Waals surface area (Å²) in [6.45, 7) is 6.10. The van der Waals surface area contributed by atoms with Gasteiger partial charge >= 0.3 is 6.09 Å². The van der Waals surface area contributed by atoms with Gasteiger partial charge in [0.05, 0.1) is 24.5 Å². The summed E-state index contributed by atoms with van der Waals surface area (Å²) in [5.41, 5.74) is 0.221. The van der Waals surface area contributed by atoms with Crippen molar-refractivity contribution < 1.29 is 23.0 Å². The number of nitrogens with one attached hydrogen (secondary N) is 1. The van der Waals surface area contributed by atoms with Crippen LogP contribution in [0.3, 0.4) is 0 Å². The lowest BCUT2D eigenvalue weighted by atomic mass is 10.0. The van der Waals surface area contributed by atoms with Crippen LogP contribution in [0.2, 0.25) is 0 Å². The molecule has 1 fully saturated rings. The standard InChI is InChI=1S/C23H24F2N6O3/c1-13(2)19-12-34-23(32)31(19)20-6-7-26-22(30-20)29-14(3)21-27-9-17(10-28-21)33-11-15-4-5-16(24)8-18(15)25/h4-10,13-14,19H,11-12H2,1-3H3,(H,26,29,30)/t14?,19-/m1/s1. The lowest BCUT2D eigenvalue weighted by Gasteiger charge is -2.23. The van der Waals surface area contributed by atoms with Crippen LogP contribution >= 0.6 is 0 Å². The van der Waals surface area contributed by atoms with E-state index < -0.39 is 17.7 Å². The van der Waals surface area contributed by atoms with Crippen molar-refractivity contribution in [3.05, 3.63) is 65.9 Å². The number of carbonyl (C=O) groups is 1. The second-order valence-corrected chi connectivity index (χ2v) is 8.16. The topological polar surface area (TPSA) is 102 Å². The lowest BCUT2D eigenvalue weighted by Crippen LogP contribution is -2.37. The van der Waals surface area contributed by atoms with Crippen molar-refractivity contribution in [1.29, 1.82) is 0 Å². The molecule has 1 unspecified atom stereocenters. The number of cyclic esters (lactones) is 1. The molecule has 2 aromatic heterocycles. The van der Waals surface area contributed by atoms with Crippen molar-refractivity contribution in [2.75, 3.05) is 16.8 Å². The Morgan fingerprint density at radius 1 is 1.18 bits per heavy atom. The Balaban J connectivity index is 1.39. The van der Waals surface area contributed by atoms with Crippen molar-refractivity contribution in [2.24, 2.45) is 5.92 Å². The highest BCUT2D eigenvalue weighted by Gasteiger charge is 2.37. The van der Waals surface area contributed by atoms with Gasteiger partial charge in [0.15, 0.2) is 5.75 Å². The van der Waals surface area contributed by atoms with Crippen LogP contribution in [0.25, 0.3) is 0 Å². The Morgan fingerprint density at radius 2 is 1.94 bits per heavy atom. The average molecular weight is 470 g/mol. The normalized spacial score (nSPS) is 16.5. The van der Waals surface area contributed by atoms with Gasteiger partial charge in [-0.3, -0.25) is 4.90 Å². The number of amides is 1. The number of rotatable bonds is 8. The number of hydrogen-bond donors (Lipinski definition) is 1. The molecule has 1 amide bonds. The van der Waals surface area contributed by atoms with Crippen LogP contribution in [0, 0.1) is 17.6 Å². The molecule has 0 radical (unpaired) electrons. The van der Waals surface area contributed by atoms with Gasteiger partial charge in [-0.2, -0.15) is 4.98 Å². The molecule has 1 aliphatic rings. The molecule has 0 aliphatic carbocycles. The zero-order chi connectivity index (χ0) is 24.2.